The number of rotatable bonds is 3. The molecule has 0 rings (SSSR count). The Hall–Kier alpha value is -0.990. The molecule has 0 saturated heterocycles. The van der Waals surface area contributed by atoms with Crippen LogP contribution in [0.15, 0.2) is 11.4 Å². The molecule has 0 bridgehead atoms. The van der Waals surface area contributed by atoms with Gasteiger partial charge >= 0.3 is 0 Å². The molecule has 58 valence electrons. The second kappa shape index (κ2) is 3.93. The topological polar surface area (TPSA) is 61.9 Å². The first kappa shape index (κ1) is 9.01. The first-order chi connectivity index (χ1) is 4.59. The largest absolute Gasteiger partial charge is 0.385 e. The van der Waals surface area contributed by atoms with Gasteiger partial charge in [0.05, 0.1) is 0 Å². The molecule has 0 aromatic heterocycles. The maximum Gasteiger partial charge on any atom is 0.101 e. The summed E-state index contributed by atoms with van der Waals surface area (Å²) in [5, 5.41) is 10.2. The van der Waals surface area contributed by atoms with Gasteiger partial charge in [-0.3, -0.25) is 0 Å². The van der Waals surface area contributed by atoms with Crippen LogP contribution in [0.4, 0.5) is 0 Å². The molecular formula is C7H15N3. The summed E-state index contributed by atoms with van der Waals surface area (Å²) in [5.41, 5.74) is 6.89. The molecule has 0 unspecified atom stereocenters. The molecule has 4 N–H and O–H groups in total. The van der Waals surface area contributed by atoms with Gasteiger partial charge < -0.3 is 16.5 Å². The average Bonchev–Trinajstić information content (AvgIpc) is 1.87. The fourth-order valence-corrected chi connectivity index (χ4v) is 0.525. The van der Waals surface area contributed by atoms with Crippen molar-refractivity contribution in [2.45, 2.75) is 20.8 Å². The summed E-state index contributed by atoms with van der Waals surface area (Å²) < 4.78 is 0. The minimum atomic E-state index is 0.512. The Kier molecular flexibility index (Phi) is 3.54. The summed E-state index contributed by atoms with van der Waals surface area (Å²) in [6.07, 6.45) is 0. The standard InChI is InChI=1S/C7H15N3/c1-4-10-7(9)5(2)6(3)8/h8,10H,4,9H2,1-3H3/b7-5-,8-6?. The zero-order valence-corrected chi connectivity index (χ0v) is 6.78. The van der Waals surface area contributed by atoms with Crippen LogP contribution in [0.25, 0.3) is 0 Å². The molecule has 0 fully saturated rings. The van der Waals surface area contributed by atoms with E-state index in [0.717, 1.165) is 12.1 Å². The van der Waals surface area contributed by atoms with Crippen molar-refractivity contribution >= 4 is 5.71 Å². The van der Waals surface area contributed by atoms with E-state index in [-0.39, 0.29) is 0 Å². The van der Waals surface area contributed by atoms with Crippen LogP contribution in [-0.2, 0) is 0 Å². The number of allylic oxidation sites excluding steroid dienone is 1. The van der Waals surface area contributed by atoms with E-state index in [1.165, 1.54) is 0 Å². The molecule has 0 atom stereocenters. The van der Waals surface area contributed by atoms with Crippen LogP contribution in [0, 0.1) is 5.41 Å². The van der Waals surface area contributed by atoms with Crippen molar-refractivity contribution in [1.82, 2.24) is 5.32 Å². The summed E-state index contributed by atoms with van der Waals surface area (Å²) in [5.74, 6) is 0.606. The van der Waals surface area contributed by atoms with Gasteiger partial charge in [-0.05, 0) is 20.8 Å². The molecule has 3 nitrogen and oxygen atoms in total. The Morgan fingerprint density at radius 2 is 2.00 bits per heavy atom. The first-order valence-corrected chi connectivity index (χ1v) is 3.35. The molecule has 0 aromatic carbocycles. The van der Waals surface area contributed by atoms with E-state index in [1.807, 2.05) is 13.8 Å². The van der Waals surface area contributed by atoms with Gasteiger partial charge in [0.1, 0.15) is 5.82 Å². The number of nitrogens with two attached hydrogens (primary N) is 1. The Morgan fingerprint density at radius 1 is 1.50 bits per heavy atom. The molecule has 0 radical (unpaired) electrons. The van der Waals surface area contributed by atoms with Gasteiger partial charge in [-0.2, -0.15) is 0 Å². The summed E-state index contributed by atoms with van der Waals surface area (Å²) in [4.78, 5) is 0. The van der Waals surface area contributed by atoms with Crippen LogP contribution < -0.4 is 11.1 Å². The van der Waals surface area contributed by atoms with E-state index in [9.17, 15) is 0 Å². The van der Waals surface area contributed by atoms with Crippen molar-refractivity contribution in [3.05, 3.63) is 11.4 Å². The van der Waals surface area contributed by atoms with Crippen LogP contribution in [0.3, 0.4) is 0 Å². The highest BCUT2D eigenvalue weighted by atomic mass is 15.0. The zero-order valence-electron chi connectivity index (χ0n) is 6.78. The third-order valence-electron chi connectivity index (χ3n) is 1.33. The van der Waals surface area contributed by atoms with Gasteiger partial charge in [0.15, 0.2) is 0 Å². The molecule has 0 amide bonds. The molecule has 10 heavy (non-hydrogen) atoms. The highest BCUT2D eigenvalue weighted by Gasteiger charge is 1.96. The molecule has 0 saturated carbocycles. The predicted octanol–water partition coefficient (Wildman–Crippen LogP) is 0.826. The van der Waals surface area contributed by atoms with Crippen LogP contribution in [0.1, 0.15) is 20.8 Å². The van der Waals surface area contributed by atoms with E-state index in [0.29, 0.717) is 11.5 Å². The van der Waals surface area contributed by atoms with Gasteiger partial charge in [0.2, 0.25) is 0 Å². The summed E-state index contributed by atoms with van der Waals surface area (Å²) in [7, 11) is 0. The zero-order chi connectivity index (χ0) is 8.15. The summed E-state index contributed by atoms with van der Waals surface area (Å²) >= 11 is 0. The van der Waals surface area contributed by atoms with Gasteiger partial charge in [-0.25, -0.2) is 0 Å². The van der Waals surface area contributed by atoms with Crippen LogP contribution in [-0.4, -0.2) is 12.3 Å². The van der Waals surface area contributed by atoms with Crippen molar-refractivity contribution in [2.75, 3.05) is 6.54 Å². The highest BCUT2D eigenvalue weighted by molar-refractivity contribution is 5.95. The monoisotopic (exact) mass is 141 g/mol. The van der Waals surface area contributed by atoms with E-state index in [2.05, 4.69) is 5.32 Å². The molecule has 0 aliphatic rings. The SMILES string of the molecule is CCN/C(N)=C(/C)C(C)=N. The van der Waals surface area contributed by atoms with Crippen LogP contribution >= 0.6 is 0 Å². The molecule has 3 heteroatoms. The smallest absolute Gasteiger partial charge is 0.101 e. The lowest BCUT2D eigenvalue weighted by atomic mass is 10.2. The maximum absolute atomic E-state index is 7.23. The second-order valence-electron chi connectivity index (χ2n) is 2.19. The second-order valence-corrected chi connectivity index (χ2v) is 2.19. The van der Waals surface area contributed by atoms with Crippen LogP contribution in [0.2, 0.25) is 0 Å². The molecule has 0 aliphatic carbocycles. The lowest BCUT2D eigenvalue weighted by molar-refractivity contribution is 0.831. The lowest BCUT2D eigenvalue weighted by Crippen LogP contribution is -2.22. The Bertz CT molecular complexity index is 158. The van der Waals surface area contributed by atoms with Gasteiger partial charge in [-0.1, -0.05) is 0 Å². The van der Waals surface area contributed by atoms with E-state index in [4.69, 9.17) is 11.1 Å². The van der Waals surface area contributed by atoms with Crippen molar-refractivity contribution in [3.63, 3.8) is 0 Å². The molecule has 0 heterocycles. The molecule has 0 aromatic rings. The number of hydrogen-bond donors (Lipinski definition) is 3. The quantitative estimate of drug-likeness (QED) is 0.510. The fraction of sp³-hybridized carbons (Fsp3) is 0.571. The normalized spacial score (nSPS) is 12.3. The van der Waals surface area contributed by atoms with Gasteiger partial charge in [0, 0.05) is 17.8 Å². The highest BCUT2D eigenvalue weighted by Crippen LogP contribution is 1.95. The third-order valence-corrected chi connectivity index (χ3v) is 1.33. The Labute approximate surface area is 61.8 Å². The van der Waals surface area contributed by atoms with E-state index in [1.54, 1.807) is 6.92 Å². The Morgan fingerprint density at radius 3 is 2.30 bits per heavy atom. The summed E-state index contributed by atoms with van der Waals surface area (Å²) in [6, 6.07) is 0. The van der Waals surface area contributed by atoms with Gasteiger partial charge in [-0.15, -0.1) is 0 Å². The molecular weight excluding hydrogens is 126 g/mol. The van der Waals surface area contributed by atoms with Crippen molar-refractivity contribution < 1.29 is 0 Å². The predicted molar refractivity (Wildman–Crippen MR) is 44.0 cm³/mol. The summed E-state index contributed by atoms with van der Waals surface area (Å²) in [6.45, 7) is 6.33. The third kappa shape index (κ3) is 2.53. The van der Waals surface area contributed by atoms with E-state index >= 15 is 0 Å². The minimum Gasteiger partial charge on any atom is -0.385 e. The fourth-order valence-electron chi connectivity index (χ4n) is 0.525. The Balaban J connectivity index is 4.19. The number of nitrogens with one attached hydrogen (secondary N) is 2. The van der Waals surface area contributed by atoms with Crippen molar-refractivity contribution in [3.8, 4) is 0 Å². The molecule has 0 spiro atoms. The number of hydrogen-bond acceptors (Lipinski definition) is 3. The maximum atomic E-state index is 7.23. The van der Waals surface area contributed by atoms with Crippen molar-refractivity contribution in [2.24, 2.45) is 5.73 Å². The minimum absolute atomic E-state index is 0.512. The average molecular weight is 141 g/mol. The van der Waals surface area contributed by atoms with Crippen LogP contribution in [0.5, 0.6) is 0 Å². The van der Waals surface area contributed by atoms with Crippen molar-refractivity contribution in [1.29, 1.82) is 5.41 Å². The van der Waals surface area contributed by atoms with Gasteiger partial charge in [0.25, 0.3) is 0 Å². The first-order valence-electron chi connectivity index (χ1n) is 3.35. The molecule has 0 aliphatic heterocycles. The lowest BCUT2D eigenvalue weighted by Gasteiger charge is -2.06. The van der Waals surface area contributed by atoms with E-state index < -0.39 is 0 Å².